The minimum Gasteiger partial charge on any atom is -0.473 e. The van der Waals surface area contributed by atoms with Crippen molar-refractivity contribution >= 4 is 31.7 Å². The summed E-state index contributed by atoms with van der Waals surface area (Å²) in [5, 5.41) is 0.805. The SMILES string of the molecule is Cc1nc(OCc2ccccc2)c(COS(C)(=O)=O)c2cnsc12. The predicted octanol–water partition coefficient (Wildman–Crippen LogP) is 3.05. The molecule has 3 aromatic rings. The van der Waals surface area contributed by atoms with Crippen LogP contribution in [0.25, 0.3) is 10.1 Å². The van der Waals surface area contributed by atoms with Crippen molar-refractivity contribution in [2.45, 2.75) is 20.1 Å². The second-order valence-electron chi connectivity index (χ2n) is 5.29. The van der Waals surface area contributed by atoms with Crippen molar-refractivity contribution in [3.63, 3.8) is 0 Å². The van der Waals surface area contributed by atoms with Gasteiger partial charge in [-0.1, -0.05) is 30.3 Å². The van der Waals surface area contributed by atoms with Crippen LogP contribution in [0.5, 0.6) is 5.88 Å². The van der Waals surface area contributed by atoms with Gasteiger partial charge in [-0.15, -0.1) is 0 Å². The van der Waals surface area contributed by atoms with Crippen LogP contribution in [0.2, 0.25) is 0 Å². The molecule has 126 valence electrons. The van der Waals surface area contributed by atoms with E-state index >= 15 is 0 Å². The van der Waals surface area contributed by atoms with Crippen LogP contribution in [0, 0.1) is 6.92 Å². The van der Waals surface area contributed by atoms with Gasteiger partial charge < -0.3 is 4.74 Å². The van der Waals surface area contributed by atoms with Crippen molar-refractivity contribution in [3.8, 4) is 5.88 Å². The number of aryl methyl sites for hydroxylation is 1. The summed E-state index contributed by atoms with van der Waals surface area (Å²) in [5.41, 5.74) is 2.37. The number of pyridine rings is 1. The molecule has 0 radical (unpaired) electrons. The summed E-state index contributed by atoms with van der Waals surface area (Å²) < 4.78 is 38.5. The molecule has 3 rings (SSSR count). The smallest absolute Gasteiger partial charge is 0.264 e. The Kier molecular flexibility index (Phi) is 4.79. The monoisotopic (exact) mass is 364 g/mol. The third-order valence-corrected chi connectivity index (χ3v) is 4.84. The fraction of sp³-hybridized carbons (Fsp3) is 0.250. The van der Waals surface area contributed by atoms with E-state index in [0.29, 0.717) is 18.1 Å². The maximum Gasteiger partial charge on any atom is 0.264 e. The molecule has 0 spiro atoms. The highest BCUT2D eigenvalue weighted by Gasteiger charge is 2.17. The summed E-state index contributed by atoms with van der Waals surface area (Å²) >= 11 is 1.31. The maximum atomic E-state index is 11.3. The Morgan fingerprint density at radius 2 is 1.92 bits per heavy atom. The molecule has 0 fully saturated rings. The number of rotatable bonds is 6. The molecule has 0 unspecified atom stereocenters. The lowest BCUT2D eigenvalue weighted by atomic mass is 10.2. The molecule has 0 bridgehead atoms. The van der Waals surface area contributed by atoms with Crippen LogP contribution in [0.4, 0.5) is 0 Å². The zero-order valence-corrected chi connectivity index (χ0v) is 14.9. The second kappa shape index (κ2) is 6.84. The highest BCUT2D eigenvalue weighted by Crippen LogP contribution is 2.32. The lowest BCUT2D eigenvalue weighted by molar-refractivity contribution is 0.270. The predicted molar refractivity (Wildman–Crippen MR) is 92.6 cm³/mol. The molecule has 0 amide bonds. The molecule has 0 N–H and O–H groups in total. The first-order chi connectivity index (χ1) is 11.4. The fourth-order valence-electron chi connectivity index (χ4n) is 2.25. The lowest BCUT2D eigenvalue weighted by Gasteiger charge is -2.12. The van der Waals surface area contributed by atoms with Gasteiger partial charge in [0.05, 0.1) is 28.8 Å². The van der Waals surface area contributed by atoms with E-state index in [1.165, 1.54) is 11.5 Å². The van der Waals surface area contributed by atoms with E-state index in [1.54, 1.807) is 6.20 Å². The van der Waals surface area contributed by atoms with Gasteiger partial charge in [-0.2, -0.15) is 12.8 Å². The molecule has 1 aromatic carbocycles. The normalized spacial score (nSPS) is 11.8. The molecule has 6 nitrogen and oxygen atoms in total. The number of fused-ring (bicyclic) bond motifs is 1. The molecule has 0 saturated heterocycles. The van der Waals surface area contributed by atoms with Gasteiger partial charge in [0.15, 0.2) is 0 Å². The largest absolute Gasteiger partial charge is 0.473 e. The molecule has 0 atom stereocenters. The number of benzene rings is 1. The number of aromatic nitrogens is 2. The Morgan fingerprint density at radius 1 is 1.17 bits per heavy atom. The summed E-state index contributed by atoms with van der Waals surface area (Å²) in [5.74, 6) is 0.368. The molecule has 2 aromatic heterocycles. The molecular weight excluding hydrogens is 348 g/mol. The zero-order valence-electron chi connectivity index (χ0n) is 13.2. The van der Waals surface area contributed by atoms with Crippen LogP contribution in [0.3, 0.4) is 0 Å². The minimum atomic E-state index is -3.57. The second-order valence-corrected chi connectivity index (χ2v) is 7.74. The van der Waals surface area contributed by atoms with E-state index in [9.17, 15) is 8.42 Å². The van der Waals surface area contributed by atoms with Crippen LogP contribution in [0.15, 0.2) is 36.5 Å². The van der Waals surface area contributed by atoms with Crippen molar-refractivity contribution in [2.75, 3.05) is 6.26 Å². The number of nitrogens with zero attached hydrogens (tertiary/aromatic N) is 2. The molecule has 24 heavy (non-hydrogen) atoms. The highest BCUT2D eigenvalue weighted by molar-refractivity contribution is 7.85. The van der Waals surface area contributed by atoms with E-state index < -0.39 is 10.1 Å². The lowest BCUT2D eigenvalue weighted by Crippen LogP contribution is -2.07. The highest BCUT2D eigenvalue weighted by atomic mass is 32.2. The zero-order chi connectivity index (χ0) is 17.2. The average molecular weight is 364 g/mol. The van der Waals surface area contributed by atoms with E-state index in [2.05, 4.69) is 9.36 Å². The third-order valence-electron chi connectivity index (χ3n) is 3.39. The van der Waals surface area contributed by atoms with Crippen molar-refractivity contribution in [3.05, 3.63) is 53.3 Å². The van der Waals surface area contributed by atoms with Gasteiger partial charge in [0.1, 0.15) is 6.61 Å². The van der Waals surface area contributed by atoms with E-state index in [0.717, 1.165) is 27.6 Å². The third kappa shape index (κ3) is 3.89. The first kappa shape index (κ1) is 16.8. The van der Waals surface area contributed by atoms with Gasteiger partial charge in [0.2, 0.25) is 5.88 Å². The van der Waals surface area contributed by atoms with Crippen LogP contribution in [0.1, 0.15) is 16.8 Å². The quantitative estimate of drug-likeness (QED) is 0.626. The Hall–Kier alpha value is -2.03. The van der Waals surface area contributed by atoms with E-state index in [4.69, 9.17) is 8.92 Å². The molecule has 0 aliphatic carbocycles. The van der Waals surface area contributed by atoms with Crippen LogP contribution < -0.4 is 4.74 Å². The van der Waals surface area contributed by atoms with Crippen molar-refractivity contribution in [2.24, 2.45) is 0 Å². The average Bonchev–Trinajstić information content (AvgIpc) is 3.02. The molecule has 8 heteroatoms. The number of hydrogen-bond acceptors (Lipinski definition) is 7. The topological polar surface area (TPSA) is 78.4 Å². The van der Waals surface area contributed by atoms with Gasteiger partial charge in [-0.3, -0.25) is 4.18 Å². The van der Waals surface area contributed by atoms with Gasteiger partial charge >= 0.3 is 0 Å². The first-order valence-electron chi connectivity index (χ1n) is 7.19. The van der Waals surface area contributed by atoms with Crippen molar-refractivity contribution < 1.29 is 17.3 Å². The first-order valence-corrected chi connectivity index (χ1v) is 9.78. The Bertz CT molecular complexity index is 953. The molecule has 0 aliphatic rings. The van der Waals surface area contributed by atoms with Gasteiger partial charge in [-0.25, -0.2) is 4.98 Å². The number of ether oxygens (including phenoxy) is 1. The summed E-state index contributed by atoms with van der Waals surface area (Å²) in [6, 6.07) is 9.68. The van der Waals surface area contributed by atoms with Gasteiger partial charge in [0.25, 0.3) is 10.1 Å². The number of hydrogen-bond donors (Lipinski definition) is 0. The van der Waals surface area contributed by atoms with Gasteiger partial charge in [-0.05, 0) is 24.0 Å². The molecular formula is C16H16N2O4S2. The standard InChI is InChI=1S/C16H16N2O4S2/c1-11-15-13(8-17-23-15)14(10-22-24(2,19)20)16(18-11)21-9-12-6-4-3-5-7-12/h3-8H,9-10H2,1-2H3. The summed E-state index contributed by atoms with van der Waals surface area (Å²) in [6.45, 7) is 2.07. The van der Waals surface area contributed by atoms with Gasteiger partial charge in [0, 0.05) is 11.6 Å². The van der Waals surface area contributed by atoms with Crippen LogP contribution in [-0.2, 0) is 27.5 Å². The Morgan fingerprint density at radius 3 is 2.62 bits per heavy atom. The van der Waals surface area contributed by atoms with Crippen molar-refractivity contribution in [1.29, 1.82) is 0 Å². The fourth-order valence-corrected chi connectivity index (χ4v) is 3.30. The van der Waals surface area contributed by atoms with E-state index in [1.807, 2.05) is 37.3 Å². The summed E-state index contributed by atoms with van der Waals surface area (Å²) in [4.78, 5) is 4.46. The summed E-state index contributed by atoms with van der Waals surface area (Å²) in [7, 11) is -3.57. The Labute approximate surface area is 144 Å². The summed E-state index contributed by atoms with van der Waals surface area (Å²) in [6.07, 6.45) is 2.70. The molecule has 0 aliphatic heterocycles. The molecule has 2 heterocycles. The minimum absolute atomic E-state index is 0.134. The molecule has 0 saturated carbocycles. The van der Waals surface area contributed by atoms with Crippen molar-refractivity contribution in [1.82, 2.24) is 9.36 Å². The van der Waals surface area contributed by atoms with E-state index in [-0.39, 0.29) is 6.61 Å². The Balaban J connectivity index is 1.95. The van der Waals surface area contributed by atoms with Crippen LogP contribution >= 0.6 is 11.5 Å². The maximum absolute atomic E-state index is 11.3. The van der Waals surface area contributed by atoms with Crippen LogP contribution in [-0.4, -0.2) is 24.0 Å².